The third-order valence-corrected chi connectivity index (χ3v) is 11.7. The molecule has 0 heterocycles. The van der Waals surface area contributed by atoms with Crippen molar-refractivity contribution in [3.05, 3.63) is 36.5 Å². The normalized spacial score (nSPS) is 13.5. The van der Waals surface area contributed by atoms with E-state index >= 15 is 0 Å². The Morgan fingerprint density at radius 1 is 0.492 bits per heavy atom. The third kappa shape index (κ3) is 42.6. The lowest BCUT2D eigenvalue weighted by Gasteiger charge is -2.24. The fourth-order valence-electron chi connectivity index (χ4n) is 7.77. The molecule has 346 valence electrons. The highest BCUT2D eigenvalue weighted by Gasteiger charge is 2.24. The number of amides is 1. The Morgan fingerprint density at radius 3 is 1.32 bits per heavy atom. The summed E-state index contributed by atoms with van der Waals surface area (Å²) in [5, 5.41) is 23.7. The zero-order valence-electron chi connectivity index (χ0n) is 39.4. The van der Waals surface area contributed by atoms with Gasteiger partial charge in [-0.3, -0.25) is 9.59 Å². The van der Waals surface area contributed by atoms with E-state index in [0.29, 0.717) is 19.3 Å². The first kappa shape index (κ1) is 57.1. The molecule has 3 atom stereocenters. The van der Waals surface area contributed by atoms with Gasteiger partial charge < -0.3 is 20.3 Å². The molecule has 0 bridgehead atoms. The van der Waals surface area contributed by atoms with Gasteiger partial charge in [-0.2, -0.15) is 0 Å². The molecule has 0 saturated heterocycles. The number of ether oxygens (including phenoxy) is 1. The molecule has 0 aromatic rings. The first-order chi connectivity index (χ1) is 29.0. The van der Waals surface area contributed by atoms with Crippen molar-refractivity contribution in [1.82, 2.24) is 5.32 Å². The monoisotopic (exact) mass is 830 g/mol. The highest BCUT2D eigenvalue weighted by atomic mass is 16.5. The molecule has 0 fully saturated rings. The van der Waals surface area contributed by atoms with E-state index in [1.807, 2.05) is 6.08 Å². The minimum Gasteiger partial charge on any atom is -0.462 e. The lowest BCUT2D eigenvalue weighted by atomic mass is 10.0. The molecule has 0 aliphatic rings. The molecule has 0 spiro atoms. The predicted octanol–water partition coefficient (Wildman–Crippen LogP) is 15.3. The van der Waals surface area contributed by atoms with Crippen LogP contribution in [0.2, 0.25) is 0 Å². The van der Waals surface area contributed by atoms with Crippen LogP contribution in [0.5, 0.6) is 0 Å². The van der Waals surface area contributed by atoms with E-state index in [2.05, 4.69) is 56.5 Å². The quantitative estimate of drug-likeness (QED) is 0.0323. The number of hydrogen-bond donors (Lipinski definition) is 3. The summed E-state index contributed by atoms with van der Waals surface area (Å²) in [5.74, 6) is -0.562. The average molecular weight is 830 g/mol. The van der Waals surface area contributed by atoms with Gasteiger partial charge in [0.2, 0.25) is 5.91 Å². The van der Waals surface area contributed by atoms with Crippen molar-refractivity contribution in [2.75, 3.05) is 6.61 Å². The number of esters is 1. The van der Waals surface area contributed by atoms with Crippen LogP contribution in [-0.4, -0.2) is 46.9 Å². The second-order valence-corrected chi connectivity index (χ2v) is 17.6. The molecular weight excluding hydrogens is 731 g/mol. The first-order valence-corrected chi connectivity index (χ1v) is 25.7. The molecule has 0 aromatic heterocycles. The van der Waals surface area contributed by atoms with Crippen LogP contribution in [-0.2, 0) is 14.3 Å². The maximum absolute atomic E-state index is 13.2. The molecule has 6 heteroatoms. The molecule has 0 aliphatic carbocycles. The highest BCUT2D eigenvalue weighted by molar-refractivity contribution is 5.77. The Morgan fingerprint density at radius 2 is 0.864 bits per heavy atom. The van der Waals surface area contributed by atoms with Gasteiger partial charge in [-0.15, -0.1) is 0 Å². The standard InChI is InChI=1S/C53H99NO5/c1-4-7-10-13-16-19-22-25-28-29-32-35-38-41-44-49(59-53(58)46-43-40-37-34-31-27-24-21-18-15-12-9-6-3)47-52(57)54-50(48-55)51(56)45-42-39-36-33-30-26-23-20-17-14-11-8-5-2/h27-29,31,37,40,49-51,55-56H,4-26,30,32-36,38-39,41-48H2,1-3H3,(H,54,57)/b29-28+,31-27-,40-37+. The van der Waals surface area contributed by atoms with Gasteiger partial charge in [-0.1, -0.05) is 218 Å². The second-order valence-electron chi connectivity index (χ2n) is 17.6. The molecule has 3 unspecified atom stereocenters. The fraction of sp³-hybridized carbons (Fsp3) is 0.849. The van der Waals surface area contributed by atoms with Gasteiger partial charge >= 0.3 is 5.97 Å². The third-order valence-electron chi connectivity index (χ3n) is 11.7. The molecule has 3 N–H and O–H groups in total. The number of allylic oxidation sites excluding steroid dienone is 6. The van der Waals surface area contributed by atoms with Crippen LogP contribution < -0.4 is 5.32 Å². The molecule has 0 rings (SSSR count). The van der Waals surface area contributed by atoms with E-state index < -0.39 is 18.2 Å². The number of carbonyl (C=O) groups is 2. The van der Waals surface area contributed by atoms with E-state index in [9.17, 15) is 19.8 Å². The number of aliphatic hydroxyl groups excluding tert-OH is 2. The Labute approximate surface area is 366 Å². The van der Waals surface area contributed by atoms with Crippen LogP contribution >= 0.6 is 0 Å². The van der Waals surface area contributed by atoms with E-state index in [1.165, 1.54) is 148 Å². The van der Waals surface area contributed by atoms with Crippen LogP contribution in [0, 0.1) is 0 Å². The molecule has 1 amide bonds. The van der Waals surface area contributed by atoms with E-state index in [1.54, 1.807) is 0 Å². The van der Waals surface area contributed by atoms with Crippen molar-refractivity contribution in [1.29, 1.82) is 0 Å². The van der Waals surface area contributed by atoms with Crippen molar-refractivity contribution >= 4 is 11.9 Å². The number of aliphatic hydroxyl groups is 2. The summed E-state index contributed by atoms with van der Waals surface area (Å²) in [6.45, 7) is 6.46. The Kier molecular flexibility index (Phi) is 45.6. The molecule has 0 saturated carbocycles. The van der Waals surface area contributed by atoms with Crippen LogP contribution in [0.4, 0.5) is 0 Å². The largest absolute Gasteiger partial charge is 0.462 e. The van der Waals surface area contributed by atoms with Crippen molar-refractivity contribution in [2.45, 2.75) is 283 Å². The van der Waals surface area contributed by atoms with Crippen LogP contribution in [0.3, 0.4) is 0 Å². The lowest BCUT2D eigenvalue weighted by Crippen LogP contribution is -2.46. The minimum absolute atomic E-state index is 0.0469. The van der Waals surface area contributed by atoms with E-state index in [0.717, 1.165) is 64.2 Å². The number of carbonyl (C=O) groups excluding carboxylic acids is 2. The summed E-state index contributed by atoms with van der Waals surface area (Å²) in [6.07, 6.45) is 55.0. The van der Waals surface area contributed by atoms with Crippen molar-refractivity contribution in [3.8, 4) is 0 Å². The Hall–Kier alpha value is -1.92. The fourth-order valence-corrected chi connectivity index (χ4v) is 7.77. The summed E-state index contributed by atoms with van der Waals surface area (Å²) in [4.78, 5) is 26.1. The number of rotatable bonds is 46. The summed E-state index contributed by atoms with van der Waals surface area (Å²) >= 11 is 0. The maximum Gasteiger partial charge on any atom is 0.306 e. The number of hydrogen-bond acceptors (Lipinski definition) is 5. The average Bonchev–Trinajstić information content (AvgIpc) is 3.23. The predicted molar refractivity (Wildman–Crippen MR) is 255 cm³/mol. The SMILES string of the molecule is CCCCCCCC/C=C\C/C=C/CCC(=O)OC(CCCCC/C=C/CCCCCCCCC)CC(=O)NC(CO)C(O)CCCCCCCCCCCCCCC. The van der Waals surface area contributed by atoms with Crippen molar-refractivity contribution < 1.29 is 24.5 Å². The Bertz CT molecular complexity index is 977. The zero-order valence-corrected chi connectivity index (χ0v) is 39.4. The summed E-state index contributed by atoms with van der Waals surface area (Å²) in [7, 11) is 0. The van der Waals surface area contributed by atoms with Crippen molar-refractivity contribution in [3.63, 3.8) is 0 Å². The maximum atomic E-state index is 13.2. The molecule has 6 nitrogen and oxygen atoms in total. The first-order valence-electron chi connectivity index (χ1n) is 25.7. The van der Waals surface area contributed by atoms with E-state index in [4.69, 9.17) is 4.74 Å². The topological polar surface area (TPSA) is 95.9 Å². The minimum atomic E-state index is -0.798. The van der Waals surface area contributed by atoms with Gasteiger partial charge in [0.15, 0.2) is 0 Å². The molecule has 0 aromatic carbocycles. The number of nitrogens with one attached hydrogen (secondary N) is 1. The van der Waals surface area contributed by atoms with Crippen molar-refractivity contribution in [2.24, 2.45) is 0 Å². The van der Waals surface area contributed by atoms with Gasteiger partial charge in [0, 0.05) is 6.42 Å². The Balaban J connectivity index is 4.65. The smallest absolute Gasteiger partial charge is 0.306 e. The van der Waals surface area contributed by atoms with Gasteiger partial charge in [0.05, 0.1) is 25.2 Å². The summed E-state index contributed by atoms with van der Waals surface area (Å²) in [5.41, 5.74) is 0. The number of unbranched alkanes of at least 4 members (excludes halogenated alkanes) is 28. The van der Waals surface area contributed by atoms with E-state index in [-0.39, 0.29) is 31.3 Å². The van der Waals surface area contributed by atoms with Crippen LogP contribution in [0.15, 0.2) is 36.5 Å². The zero-order chi connectivity index (χ0) is 43.1. The summed E-state index contributed by atoms with van der Waals surface area (Å²) in [6, 6.07) is -0.714. The van der Waals surface area contributed by atoms with Crippen LogP contribution in [0.1, 0.15) is 265 Å². The van der Waals surface area contributed by atoms with Gasteiger partial charge in [0.25, 0.3) is 0 Å². The van der Waals surface area contributed by atoms with Gasteiger partial charge in [-0.25, -0.2) is 0 Å². The molecule has 0 aliphatic heterocycles. The molecule has 59 heavy (non-hydrogen) atoms. The lowest BCUT2D eigenvalue weighted by molar-refractivity contribution is -0.150. The van der Waals surface area contributed by atoms with Gasteiger partial charge in [-0.05, 0) is 70.6 Å². The molecular formula is C53H99NO5. The van der Waals surface area contributed by atoms with Gasteiger partial charge in [0.1, 0.15) is 6.10 Å². The van der Waals surface area contributed by atoms with Crippen LogP contribution in [0.25, 0.3) is 0 Å². The molecule has 0 radical (unpaired) electrons. The highest BCUT2D eigenvalue weighted by Crippen LogP contribution is 2.17. The second kappa shape index (κ2) is 47.1. The summed E-state index contributed by atoms with van der Waals surface area (Å²) < 4.78 is 5.88.